The van der Waals surface area contributed by atoms with Crippen molar-refractivity contribution in [3.05, 3.63) is 47.0 Å². The van der Waals surface area contributed by atoms with Crippen LogP contribution in [0.25, 0.3) is 10.6 Å². The smallest absolute Gasteiger partial charge is 0.452 e. The normalized spacial score (nSPS) is 12.2. The van der Waals surface area contributed by atoms with Gasteiger partial charge in [0.25, 0.3) is 10.0 Å². The van der Waals surface area contributed by atoms with Crippen LogP contribution in [0.5, 0.6) is 5.75 Å². The van der Waals surface area contributed by atoms with Crippen molar-refractivity contribution in [2.24, 2.45) is 0 Å². The number of hydrogen-bond acceptors (Lipinski definition) is 6. The quantitative estimate of drug-likeness (QED) is 0.658. The third-order valence-corrected chi connectivity index (χ3v) is 6.26. The molecule has 6 nitrogen and oxygen atoms in total. The van der Waals surface area contributed by atoms with Gasteiger partial charge >= 0.3 is 6.18 Å². The van der Waals surface area contributed by atoms with E-state index in [9.17, 15) is 21.6 Å². The number of benzene rings is 1. The molecule has 1 N–H and O–H groups in total. The molecule has 0 unspecified atom stereocenters. The molecule has 0 saturated carbocycles. The minimum atomic E-state index is -4.66. The Bertz CT molecular complexity index is 1050. The lowest BCUT2D eigenvalue weighted by Crippen LogP contribution is -2.13. The van der Waals surface area contributed by atoms with Gasteiger partial charge in [-0.3, -0.25) is 4.72 Å². The Kier molecular flexibility index (Phi) is 4.91. The number of halogens is 3. The number of ether oxygens (including phenoxy) is 1. The molecule has 2 aromatic heterocycles. The van der Waals surface area contributed by atoms with Crippen LogP contribution >= 0.6 is 11.3 Å². The zero-order chi connectivity index (χ0) is 19.8. The number of aromatic nitrogens is 1. The maximum Gasteiger partial charge on any atom is 0.452 e. The first-order valence-corrected chi connectivity index (χ1v) is 9.72. The summed E-state index contributed by atoms with van der Waals surface area (Å²) in [6.45, 7) is 1.56. The summed E-state index contributed by atoms with van der Waals surface area (Å²) in [5.74, 6) is -0.678. The van der Waals surface area contributed by atoms with Gasteiger partial charge in [-0.05, 0) is 37.3 Å². The number of hydrogen-bond donors (Lipinski definition) is 1. The van der Waals surface area contributed by atoms with E-state index in [1.807, 2.05) is 0 Å². The van der Waals surface area contributed by atoms with Gasteiger partial charge in [-0.15, -0.1) is 11.3 Å². The Hall–Kier alpha value is -2.53. The van der Waals surface area contributed by atoms with Crippen molar-refractivity contribution in [3.63, 3.8) is 0 Å². The van der Waals surface area contributed by atoms with E-state index in [-0.39, 0.29) is 15.5 Å². The molecule has 3 rings (SSSR count). The van der Waals surface area contributed by atoms with Crippen LogP contribution in [-0.4, -0.2) is 20.7 Å². The number of aryl methyl sites for hydroxylation is 1. The van der Waals surface area contributed by atoms with Crippen LogP contribution in [0.2, 0.25) is 0 Å². The highest BCUT2D eigenvalue weighted by Crippen LogP contribution is 2.37. The molecule has 0 bridgehead atoms. The van der Waals surface area contributed by atoms with E-state index in [2.05, 4.69) is 14.4 Å². The molecule has 27 heavy (non-hydrogen) atoms. The largest absolute Gasteiger partial charge is 0.497 e. The van der Waals surface area contributed by atoms with Gasteiger partial charge in [0.05, 0.1) is 12.0 Å². The van der Waals surface area contributed by atoms with Gasteiger partial charge in [-0.2, -0.15) is 13.2 Å². The van der Waals surface area contributed by atoms with Gasteiger partial charge in [0.2, 0.25) is 5.76 Å². The zero-order valence-electron chi connectivity index (χ0n) is 14.0. The number of methoxy groups -OCH3 is 1. The van der Waals surface area contributed by atoms with Crippen molar-refractivity contribution in [1.29, 1.82) is 0 Å². The second kappa shape index (κ2) is 6.89. The highest BCUT2D eigenvalue weighted by Gasteiger charge is 2.36. The van der Waals surface area contributed by atoms with Crippen molar-refractivity contribution in [1.82, 2.24) is 5.16 Å². The third kappa shape index (κ3) is 4.08. The SMILES string of the molecule is COc1ccc(NS(=O)(=O)c2cc(-c3cc(C(F)(F)F)on3)sc2C)cc1. The zero-order valence-corrected chi connectivity index (χ0v) is 15.6. The van der Waals surface area contributed by atoms with Gasteiger partial charge in [0, 0.05) is 16.6 Å². The summed E-state index contributed by atoms with van der Waals surface area (Å²) in [6, 6.07) is 8.26. The molecule has 0 radical (unpaired) electrons. The molecule has 3 aromatic rings. The molecule has 0 amide bonds. The van der Waals surface area contributed by atoms with Crippen molar-refractivity contribution < 1.29 is 30.8 Å². The lowest BCUT2D eigenvalue weighted by atomic mass is 10.3. The lowest BCUT2D eigenvalue weighted by Gasteiger charge is -2.08. The van der Waals surface area contributed by atoms with E-state index >= 15 is 0 Å². The molecule has 0 atom stereocenters. The van der Waals surface area contributed by atoms with Crippen molar-refractivity contribution in [3.8, 4) is 16.3 Å². The number of anilines is 1. The Labute approximate surface area is 156 Å². The second-order valence-corrected chi connectivity index (χ2v) is 8.35. The summed E-state index contributed by atoms with van der Waals surface area (Å²) >= 11 is 1.01. The van der Waals surface area contributed by atoms with E-state index in [1.165, 1.54) is 25.3 Å². The van der Waals surface area contributed by atoms with Crippen molar-refractivity contribution in [2.75, 3.05) is 11.8 Å². The summed E-state index contributed by atoms with van der Waals surface area (Å²) in [5.41, 5.74) is 0.241. The minimum Gasteiger partial charge on any atom is -0.497 e. The van der Waals surface area contributed by atoms with Crippen LogP contribution in [0.1, 0.15) is 10.6 Å². The number of thiophene rings is 1. The fraction of sp³-hybridized carbons (Fsp3) is 0.188. The van der Waals surface area contributed by atoms with Crippen LogP contribution in [0.4, 0.5) is 18.9 Å². The number of nitrogens with one attached hydrogen (secondary N) is 1. The minimum absolute atomic E-state index is 0.0464. The molecule has 0 aliphatic carbocycles. The molecule has 0 spiro atoms. The number of nitrogens with zero attached hydrogens (tertiary/aromatic N) is 1. The highest BCUT2D eigenvalue weighted by molar-refractivity contribution is 7.93. The molecule has 144 valence electrons. The molecule has 0 saturated heterocycles. The summed E-state index contributed by atoms with van der Waals surface area (Å²) in [5, 5.41) is 3.38. The summed E-state index contributed by atoms with van der Waals surface area (Å²) in [7, 11) is -2.44. The highest BCUT2D eigenvalue weighted by atomic mass is 32.2. The van der Waals surface area contributed by atoms with Gasteiger partial charge in [0.15, 0.2) is 0 Å². The van der Waals surface area contributed by atoms with Gasteiger partial charge in [-0.1, -0.05) is 5.16 Å². The Morgan fingerprint density at radius 3 is 2.41 bits per heavy atom. The van der Waals surface area contributed by atoms with Crippen molar-refractivity contribution in [2.45, 2.75) is 18.0 Å². The van der Waals surface area contributed by atoms with Crippen LogP contribution in [0.15, 0.2) is 45.8 Å². The van der Waals surface area contributed by atoms with Gasteiger partial charge in [0.1, 0.15) is 16.3 Å². The van der Waals surface area contributed by atoms with E-state index in [0.717, 1.165) is 17.4 Å². The van der Waals surface area contributed by atoms with E-state index in [0.29, 0.717) is 16.3 Å². The average molecular weight is 418 g/mol. The fourth-order valence-corrected chi connectivity index (χ4v) is 4.86. The van der Waals surface area contributed by atoms with Crippen LogP contribution in [0, 0.1) is 6.92 Å². The molecule has 0 aliphatic rings. The molecular weight excluding hydrogens is 405 g/mol. The Balaban J connectivity index is 1.89. The summed E-state index contributed by atoms with van der Waals surface area (Å²) in [6.07, 6.45) is -4.66. The monoisotopic (exact) mass is 418 g/mol. The predicted octanol–water partition coefficient (Wildman–Crippen LogP) is 4.54. The Morgan fingerprint density at radius 2 is 1.85 bits per heavy atom. The predicted molar refractivity (Wildman–Crippen MR) is 93.4 cm³/mol. The molecule has 1 aromatic carbocycles. The van der Waals surface area contributed by atoms with Crippen molar-refractivity contribution >= 4 is 27.0 Å². The van der Waals surface area contributed by atoms with Crippen LogP contribution in [-0.2, 0) is 16.2 Å². The number of sulfonamides is 1. The lowest BCUT2D eigenvalue weighted by molar-refractivity contribution is -0.155. The third-order valence-electron chi connectivity index (χ3n) is 3.55. The van der Waals surface area contributed by atoms with Gasteiger partial charge < -0.3 is 9.26 Å². The Morgan fingerprint density at radius 1 is 1.19 bits per heavy atom. The fourth-order valence-electron chi connectivity index (χ4n) is 2.25. The molecular formula is C16H13F3N2O4S2. The first kappa shape index (κ1) is 19.2. The molecule has 11 heteroatoms. The first-order valence-electron chi connectivity index (χ1n) is 7.42. The molecule has 0 fully saturated rings. The van der Waals surface area contributed by atoms with E-state index < -0.39 is 22.0 Å². The second-order valence-electron chi connectivity index (χ2n) is 5.44. The van der Waals surface area contributed by atoms with Crippen LogP contribution in [0.3, 0.4) is 0 Å². The van der Waals surface area contributed by atoms with E-state index in [4.69, 9.17) is 4.74 Å². The van der Waals surface area contributed by atoms with Gasteiger partial charge in [-0.25, -0.2) is 8.42 Å². The summed E-state index contributed by atoms with van der Waals surface area (Å²) in [4.78, 5) is 0.610. The topological polar surface area (TPSA) is 81.4 Å². The number of alkyl halides is 3. The standard InChI is InChI=1S/C16H13F3N2O4S2/c1-9-14(27(22,23)21-10-3-5-11(24-2)6-4-10)8-13(26-9)12-7-15(25-20-12)16(17,18)19/h3-8,21H,1-2H3. The first-order chi connectivity index (χ1) is 12.6. The maximum atomic E-state index is 12.6. The van der Waals surface area contributed by atoms with E-state index in [1.54, 1.807) is 19.1 Å². The molecule has 0 aliphatic heterocycles. The maximum absolute atomic E-state index is 12.6. The summed E-state index contributed by atoms with van der Waals surface area (Å²) < 4.78 is 74.9. The average Bonchev–Trinajstić information content (AvgIpc) is 3.22. The van der Waals surface area contributed by atoms with Crippen LogP contribution < -0.4 is 9.46 Å². The number of rotatable bonds is 5. The molecule has 2 heterocycles.